The summed E-state index contributed by atoms with van der Waals surface area (Å²) in [7, 11) is 1.71. The minimum atomic E-state index is -0.514. The summed E-state index contributed by atoms with van der Waals surface area (Å²) in [5.74, 6) is 1.57. The molecule has 0 aromatic carbocycles. The van der Waals surface area contributed by atoms with E-state index in [0.29, 0.717) is 6.42 Å². The summed E-state index contributed by atoms with van der Waals surface area (Å²) in [6.45, 7) is 5.07. The highest BCUT2D eigenvalue weighted by molar-refractivity contribution is 4.98. The van der Waals surface area contributed by atoms with Gasteiger partial charge in [-0.1, -0.05) is 6.92 Å². The van der Waals surface area contributed by atoms with Crippen LogP contribution in [0, 0.1) is 5.92 Å². The Bertz CT molecular complexity index is 397. The molecule has 0 saturated heterocycles. The third kappa shape index (κ3) is 2.98. The van der Waals surface area contributed by atoms with Crippen molar-refractivity contribution in [3.8, 4) is 0 Å². The molecule has 1 fully saturated rings. The molecule has 0 radical (unpaired) electrons. The summed E-state index contributed by atoms with van der Waals surface area (Å²) < 4.78 is 7.54. The highest BCUT2D eigenvalue weighted by Crippen LogP contribution is 2.37. The lowest BCUT2D eigenvalue weighted by Crippen LogP contribution is -2.48. The molecular weight excluding hydrogens is 242 g/mol. The monoisotopic (exact) mass is 267 g/mol. The first-order valence-electron chi connectivity index (χ1n) is 7.21. The summed E-state index contributed by atoms with van der Waals surface area (Å²) in [4.78, 5) is 4.24. The molecule has 108 valence electrons. The SMILES string of the molecule is CCn1ncnc1CC(O)C1(OC)CCC(C)CC1. The Labute approximate surface area is 115 Å². The quantitative estimate of drug-likeness (QED) is 0.883. The Kier molecular flexibility index (Phi) is 4.58. The smallest absolute Gasteiger partial charge is 0.138 e. The van der Waals surface area contributed by atoms with Crippen LogP contribution in [0.4, 0.5) is 0 Å². The first-order chi connectivity index (χ1) is 9.11. The number of ether oxygens (including phenoxy) is 1. The number of aliphatic hydroxyl groups is 1. The van der Waals surface area contributed by atoms with Crippen molar-refractivity contribution in [2.75, 3.05) is 7.11 Å². The second kappa shape index (κ2) is 6.01. The highest BCUT2D eigenvalue weighted by atomic mass is 16.5. The van der Waals surface area contributed by atoms with E-state index in [1.165, 1.54) is 0 Å². The topological polar surface area (TPSA) is 60.2 Å². The predicted octanol–water partition coefficient (Wildman–Crippen LogP) is 1.80. The van der Waals surface area contributed by atoms with Gasteiger partial charge in [0.15, 0.2) is 0 Å². The van der Waals surface area contributed by atoms with E-state index in [1.54, 1.807) is 13.4 Å². The number of rotatable bonds is 5. The van der Waals surface area contributed by atoms with E-state index < -0.39 is 11.7 Å². The second-order valence-corrected chi connectivity index (χ2v) is 5.66. The van der Waals surface area contributed by atoms with Crippen molar-refractivity contribution in [1.29, 1.82) is 0 Å². The maximum absolute atomic E-state index is 10.6. The molecule has 5 heteroatoms. The van der Waals surface area contributed by atoms with E-state index >= 15 is 0 Å². The van der Waals surface area contributed by atoms with E-state index in [1.807, 2.05) is 11.6 Å². The predicted molar refractivity (Wildman–Crippen MR) is 72.8 cm³/mol. The average Bonchev–Trinajstić information content (AvgIpc) is 2.87. The van der Waals surface area contributed by atoms with Crippen LogP contribution >= 0.6 is 0 Å². The molecule has 0 spiro atoms. The molecule has 19 heavy (non-hydrogen) atoms. The molecule has 1 aromatic rings. The molecule has 1 aromatic heterocycles. The zero-order valence-electron chi connectivity index (χ0n) is 12.2. The zero-order chi connectivity index (χ0) is 13.9. The van der Waals surface area contributed by atoms with E-state index in [9.17, 15) is 5.11 Å². The molecule has 1 aliphatic carbocycles. The van der Waals surface area contributed by atoms with Crippen LogP contribution in [0.15, 0.2) is 6.33 Å². The van der Waals surface area contributed by atoms with Gasteiger partial charge in [0.2, 0.25) is 0 Å². The molecule has 1 N–H and O–H groups in total. The van der Waals surface area contributed by atoms with E-state index in [-0.39, 0.29) is 0 Å². The van der Waals surface area contributed by atoms with Gasteiger partial charge in [-0.3, -0.25) is 4.68 Å². The maximum Gasteiger partial charge on any atom is 0.138 e. The van der Waals surface area contributed by atoms with Gasteiger partial charge in [-0.2, -0.15) is 5.10 Å². The van der Waals surface area contributed by atoms with Crippen LogP contribution in [0.1, 0.15) is 45.4 Å². The van der Waals surface area contributed by atoms with Crippen molar-refractivity contribution in [2.24, 2.45) is 5.92 Å². The number of nitrogens with zero attached hydrogens (tertiary/aromatic N) is 3. The van der Waals surface area contributed by atoms with Crippen LogP contribution in [0.25, 0.3) is 0 Å². The Morgan fingerprint density at radius 3 is 2.79 bits per heavy atom. The molecule has 0 bridgehead atoms. The lowest BCUT2D eigenvalue weighted by molar-refractivity contribution is -0.128. The molecule has 1 aliphatic rings. The van der Waals surface area contributed by atoms with Gasteiger partial charge in [-0.05, 0) is 38.5 Å². The summed E-state index contributed by atoms with van der Waals surface area (Å²) >= 11 is 0. The maximum atomic E-state index is 10.6. The summed E-state index contributed by atoms with van der Waals surface area (Å²) in [6.07, 6.45) is 5.62. The lowest BCUT2D eigenvalue weighted by Gasteiger charge is -2.41. The van der Waals surface area contributed by atoms with E-state index in [2.05, 4.69) is 17.0 Å². The van der Waals surface area contributed by atoms with Gasteiger partial charge in [-0.15, -0.1) is 0 Å². The van der Waals surface area contributed by atoms with Crippen LogP contribution in [0.2, 0.25) is 0 Å². The summed E-state index contributed by atoms with van der Waals surface area (Å²) in [5, 5.41) is 14.7. The first-order valence-corrected chi connectivity index (χ1v) is 7.21. The van der Waals surface area contributed by atoms with E-state index in [0.717, 1.165) is 44.0 Å². The van der Waals surface area contributed by atoms with Crippen molar-refractivity contribution in [1.82, 2.24) is 14.8 Å². The molecule has 1 heterocycles. The lowest BCUT2D eigenvalue weighted by atomic mass is 9.75. The zero-order valence-corrected chi connectivity index (χ0v) is 12.2. The molecule has 0 amide bonds. The Hall–Kier alpha value is -0.940. The number of hydrogen-bond acceptors (Lipinski definition) is 4. The molecular formula is C14H25N3O2. The van der Waals surface area contributed by atoms with Gasteiger partial charge in [-0.25, -0.2) is 4.98 Å². The van der Waals surface area contributed by atoms with Crippen molar-refractivity contribution in [2.45, 2.75) is 64.2 Å². The van der Waals surface area contributed by atoms with Crippen LogP contribution in [0.3, 0.4) is 0 Å². The number of aliphatic hydroxyl groups excluding tert-OH is 1. The van der Waals surface area contributed by atoms with Gasteiger partial charge >= 0.3 is 0 Å². The summed E-state index contributed by atoms with van der Waals surface area (Å²) in [5.41, 5.74) is -0.406. The first kappa shape index (κ1) is 14.5. The van der Waals surface area contributed by atoms with Crippen LogP contribution < -0.4 is 0 Å². The van der Waals surface area contributed by atoms with Gasteiger partial charge in [0.25, 0.3) is 0 Å². The fourth-order valence-corrected chi connectivity index (χ4v) is 2.99. The van der Waals surface area contributed by atoms with Crippen LogP contribution in [-0.4, -0.2) is 38.7 Å². The Morgan fingerprint density at radius 2 is 2.21 bits per heavy atom. The minimum absolute atomic E-state index is 0.406. The Balaban J connectivity index is 2.07. The molecule has 1 saturated carbocycles. The van der Waals surface area contributed by atoms with Gasteiger partial charge in [0.1, 0.15) is 12.2 Å². The molecule has 1 unspecified atom stereocenters. The minimum Gasteiger partial charge on any atom is -0.390 e. The van der Waals surface area contributed by atoms with Crippen molar-refractivity contribution in [3.05, 3.63) is 12.2 Å². The fraction of sp³-hybridized carbons (Fsp3) is 0.857. The molecule has 0 aliphatic heterocycles. The third-order valence-electron chi connectivity index (χ3n) is 4.51. The number of hydrogen-bond donors (Lipinski definition) is 1. The van der Waals surface area contributed by atoms with Crippen LogP contribution in [0.5, 0.6) is 0 Å². The van der Waals surface area contributed by atoms with E-state index in [4.69, 9.17) is 4.74 Å². The fourth-order valence-electron chi connectivity index (χ4n) is 2.99. The number of aromatic nitrogens is 3. The Morgan fingerprint density at radius 1 is 1.53 bits per heavy atom. The second-order valence-electron chi connectivity index (χ2n) is 5.66. The molecule has 1 atom stereocenters. The van der Waals surface area contributed by atoms with Gasteiger partial charge < -0.3 is 9.84 Å². The normalized spacial score (nSPS) is 29.4. The number of aryl methyl sites for hydroxylation is 1. The van der Waals surface area contributed by atoms with Crippen molar-refractivity contribution >= 4 is 0 Å². The molecule has 5 nitrogen and oxygen atoms in total. The molecule has 2 rings (SSSR count). The highest BCUT2D eigenvalue weighted by Gasteiger charge is 2.41. The van der Waals surface area contributed by atoms with Crippen molar-refractivity contribution in [3.63, 3.8) is 0 Å². The number of methoxy groups -OCH3 is 1. The third-order valence-corrected chi connectivity index (χ3v) is 4.51. The van der Waals surface area contributed by atoms with Crippen LogP contribution in [-0.2, 0) is 17.7 Å². The average molecular weight is 267 g/mol. The van der Waals surface area contributed by atoms with Gasteiger partial charge in [0.05, 0.1) is 11.7 Å². The van der Waals surface area contributed by atoms with Gasteiger partial charge in [0, 0.05) is 20.1 Å². The van der Waals surface area contributed by atoms with Crippen molar-refractivity contribution < 1.29 is 9.84 Å². The largest absolute Gasteiger partial charge is 0.390 e. The standard InChI is InChI=1S/C14H25N3O2/c1-4-17-13(15-10-16-17)9-12(18)14(19-3)7-5-11(2)6-8-14/h10-12,18H,4-9H2,1-3H3. The summed E-state index contributed by atoms with van der Waals surface area (Å²) in [6, 6.07) is 0.